The van der Waals surface area contributed by atoms with Crippen molar-refractivity contribution in [1.82, 2.24) is 4.90 Å². The average molecular weight is 317 g/mol. The molecule has 4 heteroatoms. The molecule has 1 aliphatic rings. The lowest BCUT2D eigenvalue weighted by Crippen LogP contribution is -2.42. The van der Waals surface area contributed by atoms with Crippen LogP contribution < -0.4 is 0 Å². The Morgan fingerprint density at radius 1 is 1.13 bits per heavy atom. The molecular weight excluding hydrogens is 290 g/mol. The summed E-state index contributed by atoms with van der Waals surface area (Å²) in [7, 11) is 0. The Balaban J connectivity index is 1.81. The Kier molecular flexibility index (Phi) is 5.45. The van der Waals surface area contributed by atoms with Crippen molar-refractivity contribution >= 4 is 11.9 Å². The molecule has 0 saturated carbocycles. The van der Waals surface area contributed by atoms with Crippen LogP contribution in [0.5, 0.6) is 0 Å². The Labute approximate surface area is 138 Å². The zero-order valence-corrected chi connectivity index (χ0v) is 14.6. The molecule has 0 aliphatic carbocycles. The number of nitrogens with zero attached hydrogens (tertiary/aromatic N) is 1. The van der Waals surface area contributed by atoms with Gasteiger partial charge in [-0.2, -0.15) is 0 Å². The van der Waals surface area contributed by atoms with E-state index in [9.17, 15) is 9.59 Å². The number of aryl methyl sites for hydroxylation is 1. The number of amides is 1. The largest absolute Gasteiger partial charge is 0.444 e. The number of piperidine rings is 1. The molecule has 0 aromatic heterocycles. The van der Waals surface area contributed by atoms with Gasteiger partial charge in [0.05, 0.1) is 0 Å². The Hall–Kier alpha value is -1.84. The molecule has 1 saturated heterocycles. The van der Waals surface area contributed by atoms with Crippen molar-refractivity contribution in [2.24, 2.45) is 5.92 Å². The first-order valence-corrected chi connectivity index (χ1v) is 8.32. The monoisotopic (exact) mass is 317 g/mol. The molecule has 4 nitrogen and oxygen atoms in total. The van der Waals surface area contributed by atoms with Gasteiger partial charge in [-0.3, -0.25) is 4.79 Å². The predicted octanol–water partition coefficient (Wildman–Crippen LogP) is 4.21. The molecule has 0 N–H and O–H groups in total. The number of carbonyl (C=O) groups is 2. The van der Waals surface area contributed by atoms with Crippen molar-refractivity contribution in [1.29, 1.82) is 0 Å². The third-order valence-electron chi connectivity index (χ3n) is 4.11. The highest BCUT2D eigenvalue weighted by Crippen LogP contribution is 2.24. The highest BCUT2D eigenvalue weighted by atomic mass is 16.6. The Morgan fingerprint density at radius 2 is 1.70 bits per heavy atom. The number of ketones is 1. The van der Waals surface area contributed by atoms with Crippen molar-refractivity contribution in [2.45, 2.75) is 52.6 Å². The van der Waals surface area contributed by atoms with Gasteiger partial charge in [-0.1, -0.05) is 29.8 Å². The van der Waals surface area contributed by atoms with Gasteiger partial charge in [0.25, 0.3) is 0 Å². The van der Waals surface area contributed by atoms with Crippen molar-refractivity contribution in [3.05, 3.63) is 35.4 Å². The smallest absolute Gasteiger partial charge is 0.410 e. The van der Waals surface area contributed by atoms with E-state index >= 15 is 0 Å². The van der Waals surface area contributed by atoms with Crippen LogP contribution in [-0.2, 0) is 4.74 Å². The van der Waals surface area contributed by atoms with Crippen molar-refractivity contribution < 1.29 is 14.3 Å². The summed E-state index contributed by atoms with van der Waals surface area (Å²) in [6.45, 7) is 8.97. The fourth-order valence-corrected chi connectivity index (χ4v) is 2.77. The van der Waals surface area contributed by atoms with E-state index in [-0.39, 0.29) is 11.9 Å². The number of rotatable bonds is 3. The molecule has 1 aromatic rings. The Morgan fingerprint density at radius 3 is 2.22 bits per heavy atom. The number of ether oxygens (including phenoxy) is 1. The van der Waals surface area contributed by atoms with E-state index in [4.69, 9.17) is 4.74 Å². The van der Waals surface area contributed by atoms with Crippen molar-refractivity contribution in [3.63, 3.8) is 0 Å². The second kappa shape index (κ2) is 7.16. The Bertz CT molecular complexity index is 549. The molecule has 1 amide bonds. The van der Waals surface area contributed by atoms with Gasteiger partial charge in [0.1, 0.15) is 5.60 Å². The summed E-state index contributed by atoms with van der Waals surface area (Å²) in [5.74, 6) is 0.545. The molecule has 0 spiro atoms. The molecule has 0 radical (unpaired) electrons. The van der Waals surface area contributed by atoms with E-state index in [0.717, 1.165) is 24.0 Å². The molecule has 126 valence electrons. The summed E-state index contributed by atoms with van der Waals surface area (Å²) in [6, 6.07) is 7.73. The van der Waals surface area contributed by atoms with Gasteiger partial charge in [0, 0.05) is 25.1 Å². The first kappa shape index (κ1) is 17.5. The lowest BCUT2D eigenvalue weighted by Gasteiger charge is -2.33. The van der Waals surface area contributed by atoms with Gasteiger partial charge in [0.15, 0.2) is 5.78 Å². The standard InChI is InChI=1S/C19H27NO3/c1-14-5-7-16(8-6-14)17(21)13-15-9-11-20(12-10-15)18(22)23-19(2,3)4/h5-8,15H,9-13H2,1-4H3. The summed E-state index contributed by atoms with van der Waals surface area (Å²) < 4.78 is 5.39. The van der Waals surface area contributed by atoms with Crippen LogP contribution >= 0.6 is 0 Å². The molecule has 0 bridgehead atoms. The normalized spacial score (nSPS) is 16.3. The zero-order chi connectivity index (χ0) is 17.0. The van der Waals surface area contributed by atoms with Crippen LogP contribution in [-0.4, -0.2) is 35.5 Å². The first-order chi connectivity index (χ1) is 10.7. The van der Waals surface area contributed by atoms with Crippen LogP contribution in [0, 0.1) is 12.8 Å². The maximum atomic E-state index is 12.3. The molecule has 0 unspecified atom stereocenters. The molecule has 1 fully saturated rings. The molecular formula is C19H27NO3. The van der Waals surface area contributed by atoms with Gasteiger partial charge in [-0.05, 0) is 46.5 Å². The van der Waals surface area contributed by atoms with Crippen molar-refractivity contribution in [3.8, 4) is 0 Å². The highest BCUT2D eigenvalue weighted by molar-refractivity contribution is 5.96. The fourth-order valence-electron chi connectivity index (χ4n) is 2.77. The van der Waals surface area contributed by atoms with Crippen LogP contribution in [0.2, 0.25) is 0 Å². The number of likely N-dealkylation sites (tertiary alicyclic amines) is 1. The van der Waals surface area contributed by atoms with Crippen LogP contribution in [0.3, 0.4) is 0 Å². The lowest BCUT2D eigenvalue weighted by molar-refractivity contribution is 0.0183. The number of benzene rings is 1. The van der Waals surface area contributed by atoms with Crippen LogP contribution in [0.15, 0.2) is 24.3 Å². The van der Waals surface area contributed by atoms with E-state index in [1.54, 1.807) is 4.90 Å². The molecule has 1 heterocycles. The molecule has 1 aromatic carbocycles. The summed E-state index contributed by atoms with van der Waals surface area (Å²) >= 11 is 0. The van der Waals surface area contributed by atoms with Crippen LogP contribution in [0.4, 0.5) is 4.79 Å². The number of hydrogen-bond donors (Lipinski definition) is 0. The third-order valence-corrected chi connectivity index (χ3v) is 4.11. The molecule has 2 rings (SSSR count). The van der Waals surface area contributed by atoms with Gasteiger partial charge < -0.3 is 9.64 Å². The lowest BCUT2D eigenvalue weighted by atomic mass is 9.90. The van der Waals surface area contributed by atoms with Gasteiger partial charge in [0.2, 0.25) is 0 Å². The maximum Gasteiger partial charge on any atom is 0.410 e. The van der Waals surface area contributed by atoms with E-state index in [1.165, 1.54) is 0 Å². The zero-order valence-electron chi connectivity index (χ0n) is 14.6. The SMILES string of the molecule is Cc1ccc(C(=O)CC2CCN(C(=O)OC(C)(C)C)CC2)cc1. The third kappa shape index (κ3) is 5.38. The maximum absolute atomic E-state index is 12.3. The summed E-state index contributed by atoms with van der Waals surface area (Å²) in [6.07, 6.45) is 2.03. The van der Waals surface area contributed by atoms with Crippen LogP contribution in [0.1, 0.15) is 56.0 Å². The highest BCUT2D eigenvalue weighted by Gasteiger charge is 2.27. The minimum absolute atomic E-state index is 0.195. The number of hydrogen-bond acceptors (Lipinski definition) is 3. The van der Waals surface area contributed by atoms with E-state index in [2.05, 4.69) is 0 Å². The average Bonchev–Trinajstić information content (AvgIpc) is 2.46. The summed E-state index contributed by atoms with van der Waals surface area (Å²) in [5.41, 5.74) is 1.48. The minimum Gasteiger partial charge on any atom is -0.444 e. The molecule has 23 heavy (non-hydrogen) atoms. The van der Waals surface area contributed by atoms with E-state index in [1.807, 2.05) is 52.0 Å². The van der Waals surface area contributed by atoms with Gasteiger partial charge >= 0.3 is 6.09 Å². The van der Waals surface area contributed by atoms with Gasteiger partial charge in [-0.15, -0.1) is 0 Å². The summed E-state index contributed by atoms with van der Waals surface area (Å²) in [5, 5.41) is 0. The second-order valence-corrected chi connectivity index (χ2v) is 7.40. The quantitative estimate of drug-likeness (QED) is 0.784. The second-order valence-electron chi connectivity index (χ2n) is 7.40. The number of carbonyl (C=O) groups excluding carboxylic acids is 2. The first-order valence-electron chi connectivity index (χ1n) is 8.32. The van der Waals surface area contributed by atoms with Crippen molar-refractivity contribution in [2.75, 3.05) is 13.1 Å². The van der Waals surface area contributed by atoms with E-state index < -0.39 is 5.60 Å². The predicted molar refractivity (Wildman–Crippen MR) is 90.7 cm³/mol. The van der Waals surface area contributed by atoms with Gasteiger partial charge in [-0.25, -0.2) is 4.79 Å². The number of Topliss-reactive ketones (excluding diaryl/α,β-unsaturated/α-hetero) is 1. The summed E-state index contributed by atoms with van der Waals surface area (Å²) in [4.78, 5) is 26.1. The van der Waals surface area contributed by atoms with Crippen LogP contribution in [0.25, 0.3) is 0 Å². The van der Waals surface area contributed by atoms with E-state index in [0.29, 0.717) is 25.4 Å². The minimum atomic E-state index is -0.463. The molecule has 0 atom stereocenters. The fraction of sp³-hybridized carbons (Fsp3) is 0.579. The molecule has 1 aliphatic heterocycles. The topological polar surface area (TPSA) is 46.6 Å².